The molecule has 1 unspecified atom stereocenters. The third kappa shape index (κ3) is 6.50. The molecular weight excluding hydrogens is 608 g/mol. The van der Waals surface area contributed by atoms with Crippen molar-refractivity contribution >= 4 is 38.8 Å². The Kier molecular flexibility index (Phi) is 8.39. The molecule has 2 saturated heterocycles. The smallest absolute Gasteiger partial charge is 0.410 e. The third-order valence-corrected chi connectivity index (χ3v) is 11.8. The highest BCUT2D eigenvalue weighted by atomic mass is 32.2. The average Bonchev–Trinajstić information content (AvgIpc) is 3.35. The number of carbonyl (C=O) groups excluding carboxylic acids is 1. The van der Waals surface area contributed by atoms with Gasteiger partial charge in [-0.15, -0.1) is 0 Å². The number of fused-ring (bicyclic) bond motifs is 1. The van der Waals surface area contributed by atoms with Crippen LogP contribution in [-0.4, -0.2) is 80.7 Å². The van der Waals surface area contributed by atoms with Gasteiger partial charge in [0.25, 0.3) is 5.56 Å². The number of anilines is 2. The highest BCUT2D eigenvalue weighted by Gasteiger charge is 2.42. The number of nitrogens with zero attached hydrogens (tertiary/aromatic N) is 5. The summed E-state index contributed by atoms with van der Waals surface area (Å²) >= 11 is 0. The maximum absolute atomic E-state index is 13.6. The second kappa shape index (κ2) is 11.9. The van der Waals surface area contributed by atoms with Gasteiger partial charge in [0.05, 0.1) is 16.5 Å². The van der Waals surface area contributed by atoms with Crippen molar-refractivity contribution in [3.63, 3.8) is 0 Å². The number of pyridine rings is 1. The Labute approximate surface area is 269 Å². The van der Waals surface area contributed by atoms with Crippen LogP contribution in [0.4, 0.5) is 16.4 Å². The van der Waals surface area contributed by atoms with E-state index in [1.807, 2.05) is 20.8 Å². The van der Waals surface area contributed by atoms with Crippen molar-refractivity contribution in [3.05, 3.63) is 52.9 Å². The van der Waals surface area contributed by atoms with Gasteiger partial charge < -0.3 is 20.1 Å². The lowest BCUT2D eigenvalue weighted by Crippen LogP contribution is -2.50. The summed E-state index contributed by atoms with van der Waals surface area (Å²) in [6.45, 7) is 9.46. The Morgan fingerprint density at radius 1 is 1.00 bits per heavy atom. The number of aromatic nitrogens is 3. The average molecular weight is 653 g/mol. The van der Waals surface area contributed by atoms with E-state index in [2.05, 4.69) is 15.3 Å². The van der Waals surface area contributed by atoms with E-state index >= 15 is 0 Å². The minimum absolute atomic E-state index is 0.0384. The second-order valence-corrected chi connectivity index (χ2v) is 16.2. The highest BCUT2D eigenvalue weighted by Crippen LogP contribution is 2.43. The Hall–Kier alpha value is -3.55. The first kappa shape index (κ1) is 32.4. The second-order valence-electron chi connectivity index (χ2n) is 14.3. The first-order valence-electron chi connectivity index (χ1n) is 16.1. The van der Waals surface area contributed by atoms with Crippen molar-refractivity contribution in [2.75, 3.05) is 31.5 Å². The first-order valence-corrected chi connectivity index (χ1v) is 17.6. The lowest BCUT2D eigenvalue weighted by molar-refractivity contribution is 0.00259. The molecule has 1 saturated carbocycles. The number of amides is 1. The van der Waals surface area contributed by atoms with Crippen molar-refractivity contribution < 1.29 is 23.1 Å². The van der Waals surface area contributed by atoms with E-state index in [9.17, 15) is 23.1 Å². The summed E-state index contributed by atoms with van der Waals surface area (Å²) in [7, 11) is -3.68. The molecule has 6 rings (SSSR count). The Balaban J connectivity index is 1.10. The van der Waals surface area contributed by atoms with Crippen LogP contribution in [0.5, 0.6) is 0 Å². The van der Waals surface area contributed by atoms with E-state index in [1.165, 1.54) is 6.07 Å². The maximum Gasteiger partial charge on any atom is 0.410 e. The number of aliphatic hydroxyl groups is 1. The fourth-order valence-corrected chi connectivity index (χ4v) is 8.56. The molecule has 4 heterocycles. The lowest BCUT2D eigenvalue weighted by atomic mass is 9.72. The molecule has 1 spiro atoms. The van der Waals surface area contributed by atoms with E-state index in [0.29, 0.717) is 55.7 Å². The highest BCUT2D eigenvalue weighted by molar-refractivity contribution is 7.89. The molecule has 2 aromatic heterocycles. The number of hydrogen-bond donors (Lipinski definition) is 2. The standard InChI is InChI=1S/C33H44N6O6S/c1-31(2,3)45-30(41)37-18-14-33(15-19-37)16-20-38(21-17-33)46(43,44)25-10-8-24(9-11-25)35-29-34-22-23-7-12-27(40)39(28(23)36-29)26-6-5-13-32(26,4)42/h7-12,22,26,42H,5-6,13-21H2,1-4H3,(H,34,35,36)/t26?,32-/m1/s1. The van der Waals surface area contributed by atoms with Crippen molar-refractivity contribution in [1.29, 1.82) is 0 Å². The zero-order valence-corrected chi connectivity index (χ0v) is 27.8. The molecule has 12 nitrogen and oxygen atoms in total. The van der Waals surface area contributed by atoms with E-state index in [-0.39, 0.29) is 34.0 Å². The Bertz CT molecular complexity index is 1760. The van der Waals surface area contributed by atoms with Crippen LogP contribution in [0, 0.1) is 5.41 Å². The molecule has 0 bridgehead atoms. The van der Waals surface area contributed by atoms with Crippen molar-refractivity contribution in [2.45, 2.75) is 94.8 Å². The topological polar surface area (TPSA) is 147 Å². The molecule has 2 aliphatic heterocycles. The number of benzene rings is 1. The number of sulfonamides is 1. The van der Waals surface area contributed by atoms with E-state index < -0.39 is 21.2 Å². The van der Waals surface area contributed by atoms with Gasteiger partial charge in [0.2, 0.25) is 16.0 Å². The van der Waals surface area contributed by atoms with Gasteiger partial charge in [-0.1, -0.05) is 0 Å². The molecule has 3 fully saturated rings. The summed E-state index contributed by atoms with van der Waals surface area (Å²) in [6.07, 6.45) is 6.65. The van der Waals surface area contributed by atoms with Gasteiger partial charge in [0.1, 0.15) is 11.2 Å². The third-order valence-electron chi connectivity index (χ3n) is 9.86. The summed E-state index contributed by atoms with van der Waals surface area (Å²) in [5.41, 5.74) is -0.688. The molecule has 13 heteroatoms. The van der Waals surface area contributed by atoms with Crippen LogP contribution in [0.3, 0.4) is 0 Å². The molecule has 46 heavy (non-hydrogen) atoms. The van der Waals surface area contributed by atoms with Gasteiger partial charge in [0, 0.05) is 49.5 Å². The van der Waals surface area contributed by atoms with Gasteiger partial charge in [-0.2, -0.15) is 9.29 Å². The van der Waals surface area contributed by atoms with Gasteiger partial charge in [0.15, 0.2) is 0 Å². The molecule has 2 N–H and O–H groups in total. The molecule has 1 amide bonds. The first-order chi connectivity index (χ1) is 21.7. The van der Waals surface area contributed by atoms with Gasteiger partial charge in [-0.25, -0.2) is 18.2 Å². The van der Waals surface area contributed by atoms with Gasteiger partial charge in [-0.05, 0) is 108 Å². The van der Waals surface area contributed by atoms with Crippen LogP contribution in [0.25, 0.3) is 11.0 Å². The fourth-order valence-electron chi connectivity index (χ4n) is 7.12. The summed E-state index contributed by atoms with van der Waals surface area (Å²) in [6, 6.07) is 9.28. The number of ether oxygens (including phenoxy) is 1. The van der Waals surface area contributed by atoms with Gasteiger partial charge in [-0.3, -0.25) is 9.36 Å². The van der Waals surface area contributed by atoms with E-state index in [4.69, 9.17) is 4.74 Å². The molecule has 0 radical (unpaired) electrons. The van der Waals surface area contributed by atoms with Gasteiger partial charge >= 0.3 is 6.09 Å². The van der Waals surface area contributed by atoms with Crippen LogP contribution < -0.4 is 10.9 Å². The Morgan fingerprint density at radius 3 is 2.26 bits per heavy atom. The fraction of sp³-hybridized carbons (Fsp3) is 0.576. The summed E-state index contributed by atoms with van der Waals surface area (Å²) < 4.78 is 35.8. The van der Waals surface area contributed by atoms with Crippen molar-refractivity contribution in [3.8, 4) is 0 Å². The number of hydrogen-bond acceptors (Lipinski definition) is 9. The lowest BCUT2D eigenvalue weighted by Gasteiger charge is -2.46. The van der Waals surface area contributed by atoms with E-state index in [0.717, 1.165) is 32.1 Å². The van der Waals surface area contributed by atoms with Crippen molar-refractivity contribution in [1.82, 2.24) is 23.7 Å². The van der Waals surface area contributed by atoms with E-state index in [1.54, 1.807) is 57.2 Å². The molecule has 248 valence electrons. The molecule has 2 atom stereocenters. The van der Waals surface area contributed by atoms with Crippen LogP contribution >= 0.6 is 0 Å². The normalized spacial score (nSPS) is 23.9. The van der Waals surface area contributed by atoms with Crippen LogP contribution in [0.15, 0.2) is 52.3 Å². The predicted molar refractivity (Wildman–Crippen MR) is 175 cm³/mol. The largest absolute Gasteiger partial charge is 0.444 e. The number of nitrogens with one attached hydrogen (secondary N) is 1. The molecular formula is C33H44N6O6S. The number of likely N-dealkylation sites (tertiary alicyclic amines) is 1. The summed E-state index contributed by atoms with van der Waals surface area (Å²) in [5, 5.41) is 14.7. The summed E-state index contributed by atoms with van der Waals surface area (Å²) in [4.78, 5) is 36.4. The predicted octanol–water partition coefficient (Wildman–Crippen LogP) is 4.81. The van der Waals surface area contributed by atoms with Crippen LogP contribution in [0.2, 0.25) is 0 Å². The molecule has 3 aliphatic rings. The summed E-state index contributed by atoms with van der Waals surface area (Å²) in [5.74, 6) is 0.263. The number of piperidine rings is 2. The maximum atomic E-state index is 13.6. The zero-order chi connectivity index (χ0) is 32.9. The quantitative estimate of drug-likeness (QED) is 0.396. The molecule has 1 aliphatic carbocycles. The minimum atomic E-state index is -3.68. The zero-order valence-electron chi connectivity index (χ0n) is 27.0. The molecule has 1 aromatic carbocycles. The van der Waals surface area contributed by atoms with Crippen LogP contribution in [-0.2, 0) is 14.8 Å². The molecule has 3 aromatic rings. The number of rotatable bonds is 5. The monoisotopic (exact) mass is 652 g/mol. The Morgan fingerprint density at radius 2 is 1.65 bits per heavy atom. The van der Waals surface area contributed by atoms with Crippen molar-refractivity contribution in [2.24, 2.45) is 5.41 Å². The van der Waals surface area contributed by atoms with Crippen LogP contribution in [0.1, 0.15) is 78.7 Å². The SMILES string of the molecule is CC(C)(C)OC(=O)N1CCC2(CC1)CCN(S(=O)(=O)c1ccc(Nc3ncc4ccc(=O)n(C5CCC[C@@]5(C)O)c4n3)cc1)CC2. The number of carbonyl (C=O) groups is 1. The minimum Gasteiger partial charge on any atom is -0.444 e.